The maximum Gasteiger partial charge on any atom is 0.410 e. The monoisotopic (exact) mass is 390 g/mol. The van der Waals surface area contributed by atoms with E-state index in [9.17, 15) is 9.59 Å². The Bertz CT molecular complexity index is 627. The first-order valence-corrected chi connectivity index (χ1v) is 10.3. The van der Waals surface area contributed by atoms with Crippen molar-refractivity contribution in [1.82, 2.24) is 9.80 Å². The lowest BCUT2D eigenvalue weighted by Crippen LogP contribution is -2.53. The second kappa shape index (κ2) is 10.3. The zero-order valence-corrected chi connectivity index (χ0v) is 17.6. The minimum absolute atomic E-state index is 0.0422. The first-order valence-electron chi connectivity index (χ1n) is 10.3. The Kier molecular flexibility index (Phi) is 8.15. The van der Waals surface area contributed by atoms with Gasteiger partial charge in [0, 0.05) is 19.6 Å². The van der Waals surface area contributed by atoms with E-state index in [1.807, 2.05) is 51.1 Å². The van der Waals surface area contributed by atoms with Crippen LogP contribution in [-0.4, -0.2) is 53.3 Å². The zero-order chi connectivity index (χ0) is 20.6. The number of carbonyl (C=O) groups excluding carboxylic acids is 2. The lowest BCUT2D eigenvalue weighted by Gasteiger charge is -2.39. The minimum atomic E-state index is -0.537. The second-order valence-corrected chi connectivity index (χ2v) is 8.31. The number of hydrogen-bond acceptors (Lipinski definition) is 4. The third-order valence-corrected chi connectivity index (χ3v) is 4.68. The number of unbranched alkanes of at least 4 members (excludes halogenated alkanes) is 1. The van der Waals surface area contributed by atoms with Crippen molar-refractivity contribution >= 4 is 12.2 Å². The molecule has 28 heavy (non-hydrogen) atoms. The first-order chi connectivity index (χ1) is 13.3. The molecule has 0 aliphatic carbocycles. The third-order valence-electron chi connectivity index (χ3n) is 4.68. The molecule has 0 radical (unpaired) electrons. The summed E-state index contributed by atoms with van der Waals surface area (Å²) in [5, 5.41) is 0. The third kappa shape index (κ3) is 7.06. The van der Waals surface area contributed by atoms with E-state index in [2.05, 4.69) is 6.92 Å². The molecule has 2 rings (SSSR count). The van der Waals surface area contributed by atoms with Crippen molar-refractivity contribution in [3.05, 3.63) is 35.9 Å². The van der Waals surface area contributed by atoms with Crippen molar-refractivity contribution in [2.24, 2.45) is 0 Å². The van der Waals surface area contributed by atoms with Gasteiger partial charge in [-0.1, -0.05) is 43.7 Å². The molecule has 1 saturated heterocycles. The van der Waals surface area contributed by atoms with Crippen LogP contribution in [0.4, 0.5) is 9.59 Å². The fourth-order valence-electron chi connectivity index (χ4n) is 3.26. The van der Waals surface area contributed by atoms with E-state index in [1.54, 1.807) is 9.80 Å². The predicted molar refractivity (Wildman–Crippen MR) is 109 cm³/mol. The van der Waals surface area contributed by atoms with Crippen molar-refractivity contribution in [1.29, 1.82) is 0 Å². The van der Waals surface area contributed by atoms with E-state index in [4.69, 9.17) is 9.47 Å². The number of piperidine rings is 1. The largest absolute Gasteiger partial charge is 0.445 e. The van der Waals surface area contributed by atoms with Gasteiger partial charge in [0.2, 0.25) is 0 Å². The van der Waals surface area contributed by atoms with Crippen molar-refractivity contribution in [2.75, 3.05) is 19.6 Å². The molecule has 1 atom stereocenters. The van der Waals surface area contributed by atoms with Gasteiger partial charge in [-0.05, 0) is 45.6 Å². The average molecular weight is 391 g/mol. The second-order valence-electron chi connectivity index (χ2n) is 8.31. The van der Waals surface area contributed by atoms with Crippen LogP contribution in [0.1, 0.15) is 58.9 Å². The van der Waals surface area contributed by atoms with Crippen LogP contribution < -0.4 is 0 Å². The van der Waals surface area contributed by atoms with E-state index >= 15 is 0 Å². The Morgan fingerprint density at radius 1 is 1.21 bits per heavy atom. The van der Waals surface area contributed by atoms with Crippen LogP contribution in [0.25, 0.3) is 0 Å². The standard InChI is InChI=1S/C22H34N2O4/c1-5-6-15-24(21(26)28-22(2,3)4)19-13-10-14-23(16-19)20(25)27-17-18-11-8-7-9-12-18/h7-9,11-12,19H,5-6,10,13-17H2,1-4H3/t19-/m1/s1. The highest BCUT2D eigenvalue weighted by atomic mass is 16.6. The SMILES string of the molecule is CCCCN(C(=O)OC(C)(C)C)[C@@H]1CCCN(C(=O)OCc2ccccc2)C1. The summed E-state index contributed by atoms with van der Waals surface area (Å²) in [7, 11) is 0. The van der Waals surface area contributed by atoms with Gasteiger partial charge in [0.15, 0.2) is 0 Å². The molecular weight excluding hydrogens is 356 g/mol. The molecule has 0 aromatic heterocycles. The highest BCUT2D eigenvalue weighted by Crippen LogP contribution is 2.21. The summed E-state index contributed by atoms with van der Waals surface area (Å²) in [5.74, 6) is 0. The van der Waals surface area contributed by atoms with Gasteiger partial charge in [0.1, 0.15) is 12.2 Å². The summed E-state index contributed by atoms with van der Waals surface area (Å²) in [6, 6.07) is 9.60. The van der Waals surface area contributed by atoms with E-state index < -0.39 is 5.60 Å². The number of likely N-dealkylation sites (tertiary alicyclic amines) is 1. The molecule has 0 bridgehead atoms. The molecule has 1 fully saturated rings. The Balaban J connectivity index is 1.97. The Labute approximate surface area is 168 Å². The molecule has 2 amide bonds. The number of ether oxygens (including phenoxy) is 2. The molecule has 0 N–H and O–H groups in total. The summed E-state index contributed by atoms with van der Waals surface area (Å²) in [4.78, 5) is 28.7. The molecular formula is C22H34N2O4. The molecule has 0 unspecified atom stereocenters. The molecule has 0 saturated carbocycles. The van der Waals surface area contributed by atoms with Crippen LogP contribution in [0.15, 0.2) is 30.3 Å². The van der Waals surface area contributed by atoms with E-state index in [0.29, 0.717) is 19.6 Å². The lowest BCUT2D eigenvalue weighted by atomic mass is 10.0. The summed E-state index contributed by atoms with van der Waals surface area (Å²) in [5.41, 5.74) is 0.424. The van der Waals surface area contributed by atoms with Crippen LogP contribution in [0.5, 0.6) is 0 Å². The van der Waals surface area contributed by atoms with Crippen molar-refractivity contribution in [3.8, 4) is 0 Å². The molecule has 1 aromatic carbocycles. The summed E-state index contributed by atoms with van der Waals surface area (Å²) < 4.78 is 11.1. The molecule has 1 aliphatic rings. The molecule has 1 heterocycles. The van der Waals surface area contributed by atoms with E-state index in [1.165, 1.54) is 0 Å². The highest BCUT2D eigenvalue weighted by molar-refractivity contribution is 5.70. The number of hydrogen-bond donors (Lipinski definition) is 0. The van der Waals surface area contributed by atoms with Crippen LogP contribution >= 0.6 is 0 Å². The smallest absolute Gasteiger partial charge is 0.410 e. The summed E-state index contributed by atoms with van der Waals surface area (Å²) in [6.45, 7) is 9.75. The van der Waals surface area contributed by atoms with E-state index in [0.717, 1.165) is 31.2 Å². The molecule has 6 heteroatoms. The normalized spacial score (nSPS) is 17.1. The maximum atomic E-state index is 12.7. The Hall–Kier alpha value is -2.24. The number of benzene rings is 1. The number of rotatable bonds is 6. The molecule has 156 valence electrons. The number of amides is 2. The van der Waals surface area contributed by atoms with Crippen molar-refractivity contribution < 1.29 is 19.1 Å². The van der Waals surface area contributed by atoms with Gasteiger partial charge < -0.3 is 19.3 Å². The van der Waals surface area contributed by atoms with Gasteiger partial charge in [-0.2, -0.15) is 0 Å². The van der Waals surface area contributed by atoms with Crippen LogP contribution in [0, 0.1) is 0 Å². The van der Waals surface area contributed by atoms with Gasteiger partial charge in [-0.25, -0.2) is 9.59 Å². The van der Waals surface area contributed by atoms with Gasteiger partial charge in [0.25, 0.3) is 0 Å². The van der Waals surface area contributed by atoms with Gasteiger partial charge in [0.05, 0.1) is 6.04 Å². The summed E-state index contributed by atoms with van der Waals surface area (Å²) >= 11 is 0. The maximum absolute atomic E-state index is 12.7. The average Bonchev–Trinajstić information content (AvgIpc) is 2.66. The van der Waals surface area contributed by atoms with Crippen LogP contribution in [0.3, 0.4) is 0 Å². The molecule has 1 aromatic rings. The van der Waals surface area contributed by atoms with Crippen molar-refractivity contribution in [2.45, 2.75) is 71.6 Å². The Morgan fingerprint density at radius 3 is 2.57 bits per heavy atom. The quantitative estimate of drug-likeness (QED) is 0.698. The molecule has 0 spiro atoms. The number of nitrogens with zero attached hydrogens (tertiary/aromatic N) is 2. The fourth-order valence-corrected chi connectivity index (χ4v) is 3.26. The predicted octanol–water partition coefficient (Wildman–Crippen LogP) is 4.82. The highest BCUT2D eigenvalue weighted by Gasteiger charge is 2.33. The van der Waals surface area contributed by atoms with Crippen LogP contribution in [-0.2, 0) is 16.1 Å². The fraction of sp³-hybridized carbons (Fsp3) is 0.636. The van der Waals surface area contributed by atoms with Gasteiger partial charge in [-0.15, -0.1) is 0 Å². The Morgan fingerprint density at radius 2 is 1.93 bits per heavy atom. The lowest BCUT2D eigenvalue weighted by molar-refractivity contribution is 0.00449. The first kappa shape index (κ1) is 22.1. The number of carbonyl (C=O) groups is 2. The van der Waals surface area contributed by atoms with Crippen LogP contribution in [0.2, 0.25) is 0 Å². The van der Waals surface area contributed by atoms with Crippen molar-refractivity contribution in [3.63, 3.8) is 0 Å². The van der Waals surface area contributed by atoms with Gasteiger partial charge in [-0.3, -0.25) is 0 Å². The molecule has 1 aliphatic heterocycles. The summed E-state index contributed by atoms with van der Waals surface area (Å²) in [6.07, 6.45) is 2.99. The molecule has 6 nitrogen and oxygen atoms in total. The zero-order valence-electron chi connectivity index (χ0n) is 17.6. The van der Waals surface area contributed by atoms with E-state index in [-0.39, 0.29) is 24.8 Å². The minimum Gasteiger partial charge on any atom is -0.445 e. The topological polar surface area (TPSA) is 59.1 Å². The van der Waals surface area contributed by atoms with Gasteiger partial charge >= 0.3 is 12.2 Å².